The van der Waals surface area contributed by atoms with Gasteiger partial charge in [-0.25, -0.2) is 8.78 Å². The minimum atomic E-state index is -1.15. The summed E-state index contributed by atoms with van der Waals surface area (Å²) in [5.74, 6) is -2.93. The Morgan fingerprint density at radius 1 is 1.47 bits per heavy atom. The van der Waals surface area contributed by atoms with Gasteiger partial charge in [0.15, 0.2) is 11.6 Å². The van der Waals surface area contributed by atoms with Crippen LogP contribution in [-0.4, -0.2) is 36.8 Å². The molecule has 6 heteroatoms. The number of carbonyl (C=O) groups is 1. The zero-order valence-electron chi connectivity index (χ0n) is 10.3. The van der Waals surface area contributed by atoms with Gasteiger partial charge in [0, 0.05) is 19.0 Å². The Bertz CT molecular complexity index is 468. The first-order valence-electron chi connectivity index (χ1n) is 6.20. The molecule has 0 aliphatic carbocycles. The zero-order chi connectivity index (χ0) is 13.8. The first kappa shape index (κ1) is 13.9. The van der Waals surface area contributed by atoms with Gasteiger partial charge in [0.1, 0.15) is 0 Å². The summed E-state index contributed by atoms with van der Waals surface area (Å²) in [6.45, 7) is 1.50. The molecule has 0 bridgehead atoms. The smallest absolute Gasteiger partial charge is 0.254 e. The number of amides is 1. The van der Waals surface area contributed by atoms with Crippen molar-refractivity contribution in [3.05, 3.63) is 35.4 Å². The van der Waals surface area contributed by atoms with Gasteiger partial charge in [0.2, 0.25) is 0 Å². The second kappa shape index (κ2) is 6.08. The van der Waals surface area contributed by atoms with E-state index in [0.29, 0.717) is 6.54 Å². The number of carbonyl (C=O) groups excluding carboxylic acids is 1. The number of benzene rings is 1. The van der Waals surface area contributed by atoms with Gasteiger partial charge in [-0.15, -0.1) is 0 Å². The summed E-state index contributed by atoms with van der Waals surface area (Å²) in [7, 11) is 0. The molecule has 1 aliphatic rings. The molecule has 1 aliphatic heterocycles. The standard InChI is InChI=1S/C13H16F2N2O2/c14-10-3-1-2-9(12(10)15)13(19)17-6-8-4-5-16-7-11(8)18/h1-3,8,11,16,18H,4-7H2,(H,17,19)/t8-,11+/m0/s1. The van der Waals surface area contributed by atoms with E-state index in [1.54, 1.807) is 0 Å². The molecule has 0 radical (unpaired) electrons. The minimum absolute atomic E-state index is 0.0678. The number of aliphatic hydroxyl groups is 1. The monoisotopic (exact) mass is 270 g/mol. The van der Waals surface area contributed by atoms with Crippen molar-refractivity contribution in [3.63, 3.8) is 0 Å². The van der Waals surface area contributed by atoms with Crippen LogP contribution in [0.1, 0.15) is 16.8 Å². The lowest BCUT2D eigenvalue weighted by atomic mass is 9.95. The average Bonchev–Trinajstić information content (AvgIpc) is 2.40. The largest absolute Gasteiger partial charge is 0.391 e. The predicted octanol–water partition coefficient (Wildman–Crippen LogP) is 0.665. The van der Waals surface area contributed by atoms with Crippen molar-refractivity contribution < 1.29 is 18.7 Å². The first-order chi connectivity index (χ1) is 9.09. The molecule has 0 spiro atoms. The number of aliphatic hydroxyl groups excluding tert-OH is 1. The first-order valence-corrected chi connectivity index (χ1v) is 6.20. The third-order valence-corrected chi connectivity index (χ3v) is 3.31. The predicted molar refractivity (Wildman–Crippen MR) is 65.7 cm³/mol. The molecule has 0 unspecified atom stereocenters. The molecular weight excluding hydrogens is 254 g/mol. The Morgan fingerprint density at radius 3 is 3.00 bits per heavy atom. The van der Waals surface area contributed by atoms with Crippen molar-refractivity contribution in [1.82, 2.24) is 10.6 Å². The van der Waals surface area contributed by atoms with Crippen LogP contribution in [0, 0.1) is 17.6 Å². The topological polar surface area (TPSA) is 61.4 Å². The maximum atomic E-state index is 13.4. The van der Waals surface area contributed by atoms with E-state index in [9.17, 15) is 18.7 Å². The number of β-amino-alcohol motifs (C(OH)–C–C–N with tert-alkyl or cyclic N) is 1. The molecule has 2 atom stereocenters. The van der Waals surface area contributed by atoms with E-state index in [1.165, 1.54) is 12.1 Å². The molecule has 1 heterocycles. The van der Waals surface area contributed by atoms with Crippen LogP contribution in [0.4, 0.5) is 8.78 Å². The Hall–Kier alpha value is -1.53. The number of hydrogen-bond acceptors (Lipinski definition) is 3. The summed E-state index contributed by atoms with van der Waals surface area (Å²) < 4.78 is 26.4. The molecule has 1 saturated heterocycles. The van der Waals surface area contributed by atoms with Crippen molar-refractivity contribution in [2.24, 2.45) is 5.92 Å². The number of rotatable bonds is 3. The van der Waals surface area contributed by atoms with E-state index in [2.05, 4.69) is 10.6 Å². The highest BCUT2D eigenvalue weighted by atomic mass is 19.2. The highest BCUT2D eigenvalue weighted by Crippen LogP contribution is 2.13. The van der Waals surface area contributed by atoms with E-state index in [0.717, 1.165) is 19.0 Å². The van der Waals surface area contributed by atoms with E-state index >= 15 is 0 Å². The van der Waals surface area contributed by atoms with E-state index in [4.69, 9.17) is 0 Å². The Balaban J connectivity index is 1.95. The zero-order valence-corrected chi connectivity index (χ0v) is 10.3. The van der Waals surface area contributed by atoms with Gasteiger partial charge in [0.05, 0.1) is 11.7 Å². The van der Waals surface area contributed by atoms with Crippen molar-refractivity contribution in [1.29, 1.82) is 0 Å². The molecule has 4 nitrogen and oxygen atoms in total. The number of hydrogen-bond donors (Lipinski definition) is 3. The summed E-state index contributed by atoms with van der Waals surface area (Å²) >= 11 is 0. The fourth-order valence-corrected chi connectivity index (χ4v) is 2.13. The molecule has 1 fully saturated rings. The molecule has 19 heavy (non-hydrogen) atoms. The highest BCUT2D eigenvalue weighted by molar-refractivity contribution is 5.94. The second-order valence-corrected chi connectivity index (χ2v) is 4.63. The van der Waals surface area contributed by atoms with Crippen molar-refractivity contribution in [3.8, 4) is 0 Å². The van der Waals surface area contributed by atoms with Gasteiger partial charge in [0.25, 0.3) is 5.91 Å². The second-order valence-electron chi connectivity index (χ2n) is 4.63. The lowest BCUT2D eigenvalue weighted by Crippen LogP contribution is -2.45. The molecule has 1 amide bonds. The lowest BCUT2D eigenvalue weighted by molar-refractivity contribution is 0.0751. The van der Waals surface area contributed by atoms with Crippen LogP contribution in [-0.2, 0) is 0 Å². The maximum Gasteiger partial charge on any atom is 0.254 e. The van der Waals surface area contributed by atoms with Gasteiger partial charge in [-0.1, -0.05) is 6.07 Å². The van der Waals surface area contributed by atoms with E-state index < -0.39 is 23.6 Å². The third kappa shape index (κ3) is 3.27. The molecule has 1 aromatic carbocycles. The quantitative estimate of drug-likeness (QED) is 0.756. The Kier molecular flexibility index (Phi) is 4.44. The molecule has 0 saturated carbocycles. The van der Waals surface area contributed by atoms with Crippen LogP contribution < -0.4 is 10.6 Å². The minimum Gasteiger partial charge on any atom is -0.391 e. The fourth-order valence-electron chi connectivity index (χ4n) is 2.13. The van der Waals surface area contributed by atoms with Crippen molar-refractivity contribution in [2.45, 2.75) is 12.5 Å². The molecular formula is C13H16F2N2O2. The number of piperidine rings is 1. The Morgan fingerprint density at radius 2 is 2.26 bits per heavy atom. The van der Waals surface area contributed by atoms with Gasteiger partial charge in [-0.3, -0.25) is 4.79 Å². The van der Waals surface area contributed by atoms with E-state index in [-0.39, 0.29) is 18.0 Å². The SMILES string of the molecule is O=C(NC[C@@H]1CCNC[C@H]1O)c1cccc(F)c1F. The maximum absolute atomic E-state index is 13.4. The molecule has 1 aromatic rings. The summed E-state index contributed by atoms with van der Waals surface area (Å²) in [6, 6.07) is 3.47. The third-order valence-electron chi connectivity index (χ3n) is 3.31. The summed E-state index contributed by atoms with van der Waals surface area (Å²) in [5.41, 5.74) is -0.316. The van der Waals surface area contributed by atoms with Gasteiger partial charge >= 0.3 is 0 Å². The summed E-state index contributed by atoms with van der Waals surface area (Å²) in [6.07, 6.45) is 0.194. The van der Waals surface area contributed by atoms with Crippen LogP contribution in [0.2, 0.25) is 0 Å². The molecule has 2 rings (SSSR count). The van der Waals surface area contributed by atoms with Crippen LogP contribution in [0.5, 0.6) is 0 Å². The van der Waals surface area contributed by atoms with Crippen molar-refractivity contribution in [2.75, 3.05) is 19.6 Å². The van der Waals surface area contributed by atoms with Gasteiger partial charge in [-0.2, -0.15) is 0 Å². The number of halogens is 2. The van der Waals surface area contributed by atoms with Crippen LogP contribution >= 0.6 is 0 Å². The normalized spacial score (nSPS) is 23.1. The summed E-state index contributed by atoms with van der Waals surface area (Å²) in [5, 5.41) is 15.3. The molecule has 104 valence electrons. The van der Waals surface area contributed by atoms with Crippen LogP contribution in [0.15, 0.2) is 18.2 Å². The fraction of sp³-hybridized carbons (Fsp3) is 0.462. The van der Waals surface area contributed by atoms with Gasteiger partial charge in [-0.05, 0) is 25.1 Å². The van der Waals surface area contributed by atoms with E-state index in [1.807, 2.05) is 0 Å². The highest BCUT2D eigenvalue weighted by Gasteiger charge is 2.24. The van der Waals surface area contributed by atoms with Crippen LogP contribution in [0.3, 0.4) is 0 Å². The summed E-state index contributed by atoms with van der Waals surface area (Å²) in [4.78, 5) is 11.8. The van der Waals surface area contributed by atoms with Crippen molar-refractivity contribution >= 4 is 5.91 Å². The number of nitrogens with one attached hydrogen (secondary N) is 2. The molecule has 0 aromatic heterocycles. The van der Waals surface area contributed by atoms with Crippen LogP contribution in [0.25, 0.3) is 0 Å². The average molecular weight is 270 g/mol. The Labute approximate surface area is 109 Å². The lowest BCUT2D eigenvalue weighted by Gasteiger charge is -2.28. The molecule has 3 N–H and O–H groups in total. The van der Waals surface area contributed by atoms with Gasteiger partial charge < -0.3 is 15.7 Å².